The van der Waals surface area contributed by atoms with Crippen molar-refractivity contribution in [2.24, 2.45) is 0 Å². The lowest BCUT2D eigenvalue weighted by Crippen LogP contribution is -1.95. The minimum absolute atomic E-state index is 0.0789. The Balaban J connectivity index is 3.33. The lowest BCUT2D eigenvalue weighted by molar-refractivity contribution is 1.16. The maximum atomic E-state index is 8.71. The third-order valence-corrected chi connectivity index (χ3v) is 1.52. The Morgan fingerprint density at radius 2 is 2.00 bits per heavy atom. The number of nitriles is 3. The molecule has 4 nitrogen and oxygen atoms in total. The molecule has 13 heavy (non-hydrogen) atoms. The molecule has 0 aliphatic rings. The summed E-state index contributed by atoms with van der Waals surface area (Å²) in [5, 5.41) is 25.7. The molecule has 0 aliphatic carbocycles. The second kappa shape index (κ2) is 3.85. The van der Waals surface area contributed by atoms with Gasteiger partial charge in [0.25, 0.3) is 0 Å². The Morgan fingerprint density at radius 1 is 1.23 bits per heavy atom. The van der Waals surface area contributed by atoms with Crippen molar-refractivity contribution in [1.29, 1.82) is 15.8 Å². The van der Waals surface area contributed by atoms with Crippen molar-refractivity contribution >= 4 is 0 Å². The highest BCUT2D eigenvalue weighted by Crippen LogP contribution is 2.10. The van der Waals surface area contributed by atoms with E-state index in [1.165, 1.54) is 6.20 Å². The zero-order valence-corrected chi connectivity index (χ0v) is 6.65. The first kappa shape index (κ1) is 8.71. The second-order valence-corrected chi connectivity index (χ2v) is 2.25. The quantitative estimate of drug-likeness (QED) is 0.623. The smallest absolute Gasteiger partial charge is 0.158 e. The zero-order valence-electron chi connectivity index (χ0n) is 6.65. The molecule has 0 aliphatic heterocycles. The van der Waals surface area contributed by atoms with E-state index in [0.717, 1.165) is 0 Å². The second-order valence-electron chi connectivity index (χ2n) is 2.25. The Kier molecular flexibility index (Phi) is 2.58. The molecule has 4 heteroatoms. The average molecular weight is 168 g/mol. The standard InChI is InChI=1S/C9H4N4/c10-3-1-7-2-4-13-9(6-12)8(7)5-11/h2,4H,1H2. The van der Waals surface area contributed by atoms with Crippen molar-refractivity contribution < 1.29 is 0 Å². The van der Waals surface area contributed by atoms with Gasteiger partial charge >= 0.3 is 0 Å². The van der Waals surface area contributed by atoms with Gasteiger partial charge in [0.05, 0.1) is 18.1 Å². The monoisotopic (exact) mass is 168 g/mol. The molecule has 1 heterocycles. The Hall–Kier alpha value is -2.38. The molecule has 0 N–H and O–H groups in total. The van der Waals surface area contributed by atoms with Gasteiger partial charge in [0.15, 0.2) is 5.69 Å². The van der Waals surface area contributed by atoms with Crippen LogP contribution in [0.15, 0.2) is 12.3 Å². The van der Waals surface area contributed by atoms with Gasteiger partial charge in [-0.2, -0.15) is 15.8 Å². The molecule has 0 fully saturated rings. The number of hydrogen-bond donors (Lipinski definition) is 0. The number of hydrogen-bond acceptors (Lipinski definition) is 4. The molecule has 60 valence electrons. The van der Waals surface area contributed by atoms with Crippen LogP contribution in [0, 0.1) is 34.0 Å². The van der Waals surface area contributed by atoms with E-state index in [4.69, 9.17) is 15.8 Å². The van der Waals surface area contributed by atoms with Gasteiger partial charge in [0.2, 0.25) is 0 Å². The van der Waals surface area contributed by atoms with Crippen LogP contribution in [-0.2, 0) is 6.42 Å². The topological polar surface area (TPSA) is 84.3 Å². The molecule has 0 spiro atoms. The van der Waals surface area contributed by atoms with Crippen LogP contribution in [0.3, 0.4) is 0 Å². The first-order chi connectivity index (χ1) is 6.33. The average Bonchev–Trinajstić information content (AvgIpc) is 2.18. The summed E-state index contributed by atoms with van der Waals surface area (Å²) >= 11 is 0. The van der Waals surface area contributed by atoms with Gasteiger partial charge in [-0.15, -0.1) is 0 Å². The Morgan fingerprint density at radius 3 is 2.54 bits per heavy atom. The number of nitrogens with zero attached hydrogens (tertiary/aromatic N) is 4. The van der Waals surface area contributed by atoms with Crippen LogP contribution >= 0.6 is 0 Å². The van der Waals surface area contributed by atoms with Crippen LogP contribution in [0.1, 0.15) is 16.8 Å². The third-order valence-electron chi connectivity index (χ3n) is 1.52. The molecule has 1 aromatic rings. The third kappa shape index (κ3) is 1.61. The molecular weight excluding hydrogens is 164 g/mol. The Labute approximate surface area is 75.3 Å². The molecule has 0 amide bonds. The van der Waals surface area contributed by atoms with Crippen molar-refractivity contribution in [3.8, 4) is 18.2 Å². The molecule has 0 unspecified atom stereocenters. The summed E-state index contributed by atoms with van der Waals surface area (Å²) in [6, 6.07) is 7.16. The van der Waals surface area contributed by atoms with Crippen molar-refractivity contribution in [3.05, 3.63) is 29.1 Å². The summed E-state index contributed by atoms with van der Waals surface area (Å²) in [5.41, 5.74) is 0.832. The molecule has 0 saturated heterocycles. The molecular formula is C9H4N4. The fraction of sp³-hybridized carbons (Fsp3) is 0.111. The van der Waals surface area contributed by atoms with Gasteiger partial charge in [-0.3, -0.25) is 0 Å². The van der Waals surface area contributed by atoms with Gasteiger partial charge in [-0.05, 0) is 11.6 Å². The van der Waals surface area contributed by atoms with Crippen molar-refractivity contribution in [2.75, 3.05) is 0 Å². The molecule has 1 aromatic heterocycles. The van der Waals surface area contributed by atoms with Crippen molar-refractivity contribution in [3.63, 3.8) is 0 Å². The number of rotatable bonds is 1. The minimum atomic E-state index is 0.0789. The fourth-order valence-electron chi connectivity index (χ4n) is 0.944. The summed E-state index contributed by atoms with van der Waals surface area (Å²) in [4.78, 5) is 3.72. The van der Waals surface area contributed by atoms with Gasteiger partial charge in [-0.25, -0.2) is 4.98 Å². The maximum Gasteiger partial charge on any atom is 0.158 e. The predicted octanol–water partition coefficient (Wildman–Crippen LogP) is 0.891. The number of pyridine rings is 1. The van der Waals surface area contributed by atoms with E-state index in [-0.39, 0.29) is 17.7 Å². The lowest BCUT2D eigenvalue weighted by Gasteiger charge is -1.97. The summed E-state index contributed by atoms with van der Waals surface area (Å²) in [6.07, 6.45) is 1.55. The van der Waals surface area contributed by atoms with E-state index in [1.54, 1.807) is 12.1 Å². The van der Waals surface area contributed by atoms with Crippen LogP contribution < -0.4 is 0 Å². The predicted molar refractivity (Wildman–Crippen MR) is 43.0 cm³/mol. The van der Waals surface area contributed by atoms with Crippen LogP contribution in [0.2, 0.25) is 0 Å². The molecule has 0 atom stereocenters. The molecule has 0 bridgehead atoms. The zero-order chi connectivity index (χ0) is 9.68. The summed E-state index contributed by atoms with van der Waals surface area (Å²) in [5.74, 6) is 0. The first-order valence-corrected chi connectivity index (χ1v) is 3.48. The molecule has 0 saturated carbocycles. The largest absolute Gasteiger partial charge is 0.244 e. The highest BCUT2D eigenvalue weighted by atomic mass is 14.7. The van der Waals surface area contributed by atoms with E-state index in [1.807, 2.05) is 12.1 Å². The highest BCUT2D eigenvalue weighted by molar-refractivity contribution is 5.46. The van der Waals surface area contributed by atoms with Gasteiger partial charge in [0, 0.05) is 6.20 Å². The van der Waals surface area contributed by atoms with E-state index >= 15 is 0 Å². The Bertz CT molecular complexity index is 442. The SMILES string of the molecule is N#CCc1ccnc(C#N)c1C#N. The minimum Gasteiger partial charge on any atom is -0.244 e. The van der Waals surface area contributed by atoms with Crippen molar-refractivity contribution in [1.82, 2.24) is 4.98 Å². The normalized spacial score (nSPS) is 8.08. The van der Waals surface area contributed by atoms with E-state index in [0.29, 0.717) is 5.56 Å². The van der Waals surface area contributed by atoms with E-state index < -0.39 is 0 Å². The van der Waals surface area contributed by atoms with E-state index in [2.05, 4.69) is 4.98 Å². The van der Waals surface area contributed by atoms with Gasteiger partial charge in [-0.1, -0.05) is 0 Å². The van der Waals surface area contributed by atoms with Crippen molar-refractivity contribution in [2.45, 2.75) is 6.42 Å². The van der Waals surface area contributed by atoms with Crippen LogP contribution in [0.4, 0.5) is 0 Å². The van der Waals surface area contributed by atoms with Crippen LogP contribution in [0.25, 0.3) is 0 Å². The number of aromatic nitrogens is 1. The van der Waals surface area contributed by atoms with Crippen LogP contribution in [0.5, 0.6) is 0 Å². The van der Waals surface area contributed by atoms with E-state index in [9.17, 15) is 0 Å². The summed E-state index contributed by atoms with van der Waals surface area (Å²) < 4.78 is 0. The molecule has 0 radical (unpaired) electrons. The summed E-state index contributed by atoms with van der Waals surface area (Å²) in [6.45, 7) is 0. The van der Waals surface area contributed by atoms with Crippen LogP contribution in [-0.4, -0.2) is 4.98 Å². The maximum absolute atomic E-state index is 8.71. The van der Waals surface area contributed by atoms with Gasteiger partial charge in [0.1, 0.15) is 12.1 Å². The first-order valence-electron chi connectivity index (χ1n) is 3.48. The van der Waals surface area contributed by atoms with Gasteiger partial charge < -0.3 is 0 Å². The highest BCUT2D eigenvalue weighted by Gasteiger charge is 2.07. The fourth-order valence-corrected chi connectivity index (χ4v) is 0.944. The molecule has 0 aromatic carbocycles. The summed E-state index contributed by atoms with van der Waals surface area (Å²) in [7, 11) is 0. The lowest BCUT2D eigenvalue weighted by atomic mass is 10.1. The molecule has 1 rings (SSSR count).